The molecule has 1 fully saturated rings. The first-order chi connectivity index (χ1) is 9.89. The highest BCUT2D eigenvalue weighted by Gasteiger charge is 2.23. The molecule has 0 bridgehead atoms. The Morgan fingerprint density at radius 2 is 1.76 bits per heavy atom. The standard InChI is InChI=1S/C17H18F4/c1-2-12-3-5-13(6-4-12)15-8-7-14(16(18)11-15)9-10-17(19,20)21/h2,7-13H,1,3-6H2/b10-9+. The molecule has 1 saturated carbocycles. The fourth-order valence-corrected chi connectivity index (χ4v) is 2.80. The van der Waals surface area contributed by atoms with Gasteiger partial charge in [0.05, 0.1) is 0 Å². The molecule has 1 aromatic rings. The van der Waals surface area contributed by atoms with Crippen LogP contribution in [-0.2, 0) is 0 Å². The maximum absolute atomic E-state index is 13.9. The first kappa shape index (κ1) is 15.8. The van der Waals surface area contributed by atoms with Crippen molar-refractivity contribution in [3.05, 3.63) is 53.9 Å². The highest BCUT2D eigenvalue weighted by Crippen LogP contribution is 2.36. The number of hydrogen-bond acceptors (Lipinski definition) is 0. The fourth-order valence-electron chi connectivity index (χ4n) is 2.80. The van der Waals surface area contributed by atoms with Gasteiger partial charge in [-0.3, -0.25) is 0 Å². The molecule has 4 heteroatoms. The van der Waals surface area contributed by atoms with Gasteiger partial charge in [0.1, 0.15) is 5.82 Å². The summed E-state index contributed by atoms with van der Waals surface area (Å²) in [6.45, 7) is 3.79. The molecule has 0 radical (unpaired) electrons. The van der Waals surface area contributed by atoms with E-state index in [0.717, 1.165) is 37.3 Å². The van der Waals surface area contributed by atoms with Crippen LogP contribution in [0.4, 0.5) is 17.6 Å². The minimum atomic E-state index is -4.42. The van der Waals surface area contributed by atoms with Crippen LogP contribution >= 0.6 is 0 Å². The summed E-state index contributed by atoms with van der Waals surface area (Å²) < 4.78 is 50.2. The van der Waals surface area contributed by atoms with Gasteiger partial charge in [0.15, 0.2) is 0 Å². The van der Waals surface area contributed by atoms with Crippen LogP contribution < -0.4 is 0 Å². The van der Waals surface area contributed by atoms with Crippen LogP contribution in [0.3, 0.4) is 0 Å². The Labute approximate surface area is 122 Å². The van der Waals surface area contributed by atoms with Gasteiger partial charge in [-0.2, -0.15) is 13.2 Å². The van der Waals surface area contributed by atoms with Crippen LogP contribution in [0.1, 0.15) is 42.7 Å². The molecule has 0 nitrogen and oxygen atoms in total. The molecule has 0 N–H and O–H groups in total. The molecule has 1 aromatic carbocycles. The zero-order chi connectivity index (χ0) is 15.5. The third-order valence-electron chi connectivity index (χ3n) is 4.05. The molecule has 21 heavy (non-hydrogen) atoms. The third kappa shape index (κ3) is 4.45. The van der Waals surface area contributed by atoms with Crippen LogP contribution in [0, 0.1) is 11.7 Å². The number of alkyl halides is 3. The second-order valence-corrected chi connectivity index (χ2v) is 5.50. The summed E-state index contributed by atoms with van der Waals surface area (Å²) >= 11 is 0. The van der Waals surface area contributed by atoms with Crippen molar-refractivity contribution in [3.8, 4) is 0 Å². The van der Waals surface area contributed by atoms with Crippen LogP contribution in [0.25, 0.3) is 6.08 Å². The van der Waals surface area contributed by atoms with Gasteiger partial charge in [-0.1, -0.05) is 18.2 Å². The fraction of sp³-hybridized carbons (Fsp3) is 0.412. The highest BCUT2D eigenvalue weighted by molar-refractivity contribution is 5.51. The van der Waals surface area contributed by atoms with E-state index in [1.165, 1.54) is 12.1 Å². The number of benzene rings is 1. The third-order valence-corrected chi connectivity index (χ3v) is 4.05. The maximum atomic E-state index is 13.9. The van der Waals surface area contributed by atoms with Gasteiger partial charge >= 0.3 is 6.18 Å². The number of rotatable bonds is 3. The van der Waals surface area contributed by atoms with Gasteiger partial charge in [0.25, 0.3) is 0 Å². The first-order valence-electron chi connectivity index (χ1n) is 7.07. The molecule has 1 aliphatic rings. The molecule has 0 atom stereocenters. The summed E-state index contributed by atoms with van der Waals surface area (Å²) in [5.41, 5.74) is 0.843. The van der Waals surface area contributed by atoms with Crippen molar-refractivity contribution in [1.82, 2.24) is 0 Å². The quantitative estimate of drug-likeness (QED) is 0.484. The highest BCUT2D eigenvalue weighted by atomic mass is 19.4. The largest absolute Gasteiger partial charge is 0.409 e. The Balaban J connectivity index is 2.09. The predicted octanol–water partition coefficient (Wildman–Crippen LogP) is 5.86. The minimum Gasteiger partial charge on any atom is -0.206 e. The molecular weight excluding hydrogens is 280 g/mol. The molecule has 0 unspecified atom stereocenters. The summed E-state index contributed by atoms with van der Waals surface area (Å²) in [4.78, 5) is 0. The van der Waals surface area contributed by atoms with Crippen molar-refractivity contribution < 1.29 is 17.6 Å². The van der Waals surface area contributed by atoms with E-state index in [0.29, 0.717) is 5.92 Å². The molecule has 0 aliphatic heterocycles. The Hall–Kier alpha value is -1.58. The van der Waals surface area contributed by atoms with Gasteiger partial charge < -0.3 is 0 Å². The molecule has 0 spiro atoms. The van der Waals surface area contributed by atoms with E-state index in [1.807, 2.05) is 6.08 Å². The lowest BCUT2D eigenvalue weighted by molar-refractivity contribution is -0.0790. The van der Waals surface area contributed by atoms with E-state index in [4.69, 9.17) is 0 Å². The van der Waals surface area contributed by atoms with E-state index in [-0.39, 0.29) is 17.6 Å². The lowest BCUT2D eigenvalue weighted by atomic mass is 9.78. The Kier molecular flexibility index (Phi) is 4.86. The summed E-state index contributed by atoms with van der Waals surface area (Å²) in [5.74, 6) is 0.218. The summed E-state index contributed by atoms with van der Waals surface area (Å²) in [7, 11) is 0. The van der Waals surface area contributed by atoms with E-state index >= 15 is 0 Å². The van der Waals surface area contributed by atoms with Crippen molar-refractivity contribution in [1.29, 1.82) is 0 Å². The monoisotopic (exact) mass is 298 g/mol. The average Bonchev–Trinajstić information content (AvgIpc) is 2.45. The second-order valence-electron chi connectivity index (χ2n) is 5.50. The first-order valence-corrected chi connectivity index (χ1v) is 7.07. The molecule has 2 rings (SSSR count). The number of allylic oxidation sites excluding steroid dienone is 2. The van der Waals surface area contributed by atoms with Crippen LogP contribution in [0.2, 0.25) is 0 Å². The van der Waals surface area contributed by atoms with Gasteiger partial charge in [-0.15, -0.1) is 6.58 Å². The van der Waals surface area contributed by atoms with E-state index in [2.05, 4.69) is 6.58 Å². The van der Waals surface area contributed by atoms with Crippen molar-refractivity contribution >= 4 is 6.08 Å². The van der Waals surface area contributed by atoms with Gasteiger partial charge in [0.2, 0.25) is 0 Å². The van der Waals surface area contributed by atoms with Crippen LogP contribution in [0.5, 0.6) is 0 Å². The molecule has 0 heterocycles. The molecule has 1 aliphatic carbocycles. The number of halogens is 4. The van der Waals surface area contributed by atoms with Crippen molar-refractivity contribution in [2.45, 2.75) is 37.8 Å². The second kappa shape index (κ2) is 6.46. The molecular formula is C17H18F4. The Bertz CT molecular complexity index is 520. The molecule has 114 valence electrons. The van der Waals surface area contributed by atoms with Crippen molar-refractivity contribution in [2.24, 2.45) is 5.92 Å². The zero-order valence-corrected chi connectivity index (χ0v) is 11.7. The topological polar surface area (TPSA) is 0 Å². The molecule has 0 aromatic heterocycles. The van der Waals surface area contributed by atoms with Crippen LogP contribution in [0.15, 0.2) is 36.9 Å². The Morgan fingerprint density at radius 1 is 1.10 bits per heavy atom. The maximum Gasteiger partial charge on any atom is 0.409 e. The smallest absolute Gasteiger partial charge is 0.206 e. The molecule has 0 amide bonds. The molecule has 0 saturated heterocycles. The lowest BCUT2D eigenvalue weighted by Gasteiger charge is -2.27. The van der Waals surface area contributed by atoms with Gasteiger partial charge in [-0.25, -0.2) is 4.39 Å². The van der Waals surface area contributed by atoms with Crippen LogP contribution in [-0.4, -0.2) is 6.18 Å². The summed E-state index contributed by atoms with van der Waals surface area (Å²) in [5, 5.41) is 0. The van der Waals surface area contributed by atoms with E-state index < -0.39 is 12.0 Å². The minimum absolute atomic E-state index is 0.0316. The van der Waals surface area contributed by atoms with Gasteiger partial charge in [0, 0.05) is 11.6 Å². The van der Waals surface area contributed by atoms with Crippen molar-refractivity contribution in [3.63, 3.8) is 0 Å². The summed E-state index contributed by atoms with van der Waals surface area (Å²) in [6, 6.07) is 4.53. The van der Waals surface area contributed by atoms with E-state index in [1.54, 1.807) is 6.07 Å². The van der Waals surface area contributed by atoms with Gasteiger partial charge in [-0.05, 0) is 55.2 Å². The number of hydrogen-bond donors (Lipinski definition) is 0. The Morgan fingerprint density at radius 3 is 2.29 bits per heavy atom. The van der Waals surface area contributed by atoms with Crippen molar-refractivity contribution in [2.75, 3.05) is 0 Å². The normalized spacial score (nSPS) is 23.4. The lowest BCUT2D eigenvalue weighted by Crippen LogP contribution is -2.11. The van der Waals surface area contributed by atoms with E-state index in [9.17, 15) is 17.6 Å². The zero-order valence-electron chi connectivity index (χ0n) is 11.7. The SMILES string of the molecule is C=CC1CCC(c2ccc(/C=C/C(F)(F)F)c(F)c2)CC1. The predicted molar refractivity (Wildman–Crippen MR) is 76.4 cm³/mol. The summed E-state index contributed by atoms with van der Waals surface area (Å²) in [6.07, 6.45) is 2.36. The average molecular weight is 298 g/mol.